The highest BCUT2D eigenvalue weighted by Crippen LogP contribution is 2.17. The van der Waals surface area contributed by atoms with Crippen LogP contribution >= 0.6 is 0 Å². The zero-order chi connectivity index (χ0) is 20.4. The molecular weight excluding hydrogens is 366 g/mol. The highest BCUT2D eigenvalue weighted by molar-refractivity contribution is 5.81. The van der Waals surface area contributed by atoms with Crippen molar-refractivity contribution in [3.63, 3.8) is 0 Å². The second-order valence-electron chi connectivity index (χ2n) is 7.81. The summed E-state index contributed by atoms with van der Waals surface area (Å²) in [6.07, 6.45) is 4.20. The van der Waals surface area contributed by atoms with Gasteiger partial charge in [0.1, 0.15) is 6.54 Å². The van der Waals surface area contributed by atoms with Crippen molar-refractivity contribution >= 4 is 16.8 Å². The molecule has 0 atom stereocenters. The molecule has 0 unspecified atom stereocenters. The van der Waals surface area contributed by atoms with Crippen molar-refractivity contribution in [3.8, 4) is 0 Å². The molecule has 0 aliphatic heterocycles. The fourth-order valence-electron chi connectivity index (χ4n) is 4.03. The van der Waals surface area contributed by atoms with Crippen LogP contribution in [0.15, 0.2) is 58.1 Å². The summed E-state index contributed by atoms with van der Waals surface area (Å²) in [6, 6.07) is 14.9. The summed E-state index contributed by atoms with van der Waals surface area (Å²) in [7, 11) is 0. The van der Waals surface area contributed by atoms with Crippen LogP contribution in [0.3, 0.4) is 0 Å². The van der Waals surface area contributed by atoms with Gasteiger partial charge in [-0.3, -0.25) is 18.7 Å². The minimum absolute atomic E-state index is 0.0932. The lowest BCUT2D eigenvalue weighted by molar-refractivity contribution is -0.122. The third-order valence-corrected chi connectivity index (χ3v) is 5.62. The maximum Gasteiger partial charge on any atom is 0.332 e. The second-order valence-corrected chi connectivity index (χ2v) is 7.81. The van der Waals surface area contributed by atoms with Gasteiger partial charge in [-0.2, -0.15) is 0 Å². The summed E-state index contributed by atoms with van der Waals surface area (Å²) in [6.45, 7) is 2.07. The molecule has 0 spiro atoms. The first-order chi connectivity index (χ1) is 14.0. The molecule has 1 amide bonds. The fraction of sp³-hybridized carbons (Fsp3) is 0.348. The Kier molecular flexibility index (Phi) is 5.34. The molecule has 6 heteroatoms. The molecule has 1 N–H and O–H groups in total. The van der Waals surface area contributed by atoms with E-state index < -0.39 is 5.69 Å². The Bertz CT molecular complexity index is 1150. The summed E-state index contributed by atoms with van der Waals surface area (Å²) >= 11 is 0. The molecule has 1 saturated carbocycles. The van der Waals surface area contributed by atoms with Gasteiger partial charge in [0.2, 0.25) is 5.91 Å². The first kappa shape index (κ1) is 19.2. The molecule has 0 radical (unpaired) electrons. The van der Waals surface area contributed by atoms with Crippen molar-refractivity contribution in [2.75, 3.05) is 0 Å². The van der Waals surface area contributed by atoms with Crippen molar-refractivity contribution < 1.29 is 4.79 Å². The topological polar surface area (TPSA) is 73.1 Å². The maximum atomic E-state index is 13.2. The van der Waals surface area contributed by atoms with Crippen molar-refractivity contribution in [1.29, 1.82) is 0 Å². The maximum absolute atomic E-state index is 13.2. The van der Waals surface area contributed by atoms with E-state index in [1.165, 1.54) is 9.13 Å². The van der Waals surface area contributed by atoms with Crippen LogP contribution in [0.4, 0.5) is 0 Å². The Balaban J connectivity index is 1.74. The quantitative estimate of drug-likeness (QED) is 0.727. The predicted octanol–water partition coefficient (Wildman–Crippen LogP) is 2.58. The van der Waals surface area contributed by atoms with E-state index in [0.717, 1.165) is 36.8 Å². The summed E-state index contributed by atoms with van der Waals surface area (Å²) in [4.78, 5) is 38.8. The number of nitrogens with zero attached hydrogens (tertiary/aromatic N) is 2. The van der Waals surface area contributed by atoms with Crippen molar-refractivity contribution in [3.05, 3.63) is 80.5 Å². The number of benzene rings is 2. The van der Waals surface area contributed by atoms with E-state index in [2.05, 4.69) is 5.32 Å². The van der Waals surface area contributed by atoms with Crippen molar-refractivity contribution in [1.82, 2.24) is 14.5 Å². The smallest absolute Gasteiger partial charge is 0.332 e. The summed E-state index contributed by atoms with van der Waals surface area (Å²) in [5.74, 6) is -0.190. The molecule has 29 heavy (non-hydrogen) atoms. The first-order valence-corrected chi connectivity index (χ1v) is 10.1. The fourth-order valence-corrected chi connectivity index (χ4v) is 4.03. The van der Waals surface area contributed by atoms with Crippen LogP contribution in [0.5, 0.6) is 0 Å². The van der Waals surface area contributed by atoms with Gasteiger partial charge in [0.15, 0.2) is 0 Å². The number of aromatic nitrogens is 2. The molecule has 3 aromatic rings. The molecule has 1 aliphatic carbocycles. The SMILES string of the molecule is Cc1ccc(Cn2c(=O)c3ccccc3n(CC(=O)NC3CCCC3)c2=O)cc1. The van der Waals surface area contributed by atoms with E-state index in [0.29, 0.717) is 10.9 Å². The number of aryl methyl sites for hydroxylation is 1. The Morgan fingerprint density at radius 3 is 2.41 bits per heavy atom. The zero-order valence-corrected chi connectivity index (χ0v) is 16.6. The number of para-hydroxylation sites is 1. The highest BCUT2D eigenvalue weighted by Gasteiger charge is 2.19. The number of hydrogen-bond acceptors (Lipinski definition) is 3. The van der Waals surface area contributed by atoms with E-state index in [1.807, 2.05) is 31.2 Å². The average Bonchev–Trinajstić information content (AvgIpc) is 3.23. The molecule has 1 fully saturated rings. The van der Waals surface area contributed by atoms with Gasteiger partial charge in [0, 0.05) is 6.04 Å². The highest BCUT2D eigenvalue weighted by atomic mass is 16.2. The molecule has 6 nitrogen and oxygen atoms in total. The molecule has 1 aliphatic rings. The third kappa shape index (κ3) is 4.01. The van der Waals surface area contributed by atoms with Crippen LogP contribution in [0.2, 0.25) is 0 Å². The largest absolute Gasteiger partial charge is 0.352 e. The number of amides is 1. The molecule has 1 heterocycles. The summed E-state index contributed by atoms with van der Waals surface area (Å²) in [5, 5.41) is 3.46. The monoisotopic (exact) mass is 391 g/mol. The van der Waals surface area contributed by atoms with Gasteiger partial charge in [-0.15, -0.1) is 0 Å². The molecule has 0 bridgehead atoms. The second kappa shape index (κ2) is 8.07. The van der Waals surface area contributed by atoms with E-state index in [-0.39, 0.29) is 30.6 Å². The standard InChI is InChI=1S/C23H25N3O3/c1-16-10-12-17(13-11-16)14-26-22(28)19-8-4-5-9-20(19)25(23(26)29)15-21(27)24-18-6-2-3-7-18/h4-5,8-13,18H,2-3,6-7,14-15H2,1H3,(H,24,27). The van der Waals surface area contributed by atoms with E-state index in [9.17, 15) is 14.4 Å². The normalized spacial score (nSPS) is 14.4. The summed E-state index contributed by atoms with van der Waals surface area (Å²) in [5.41, 5.74) is 1.67. The first-order valence-electron chi connectivity index (χ1n) is 10.1. The van der Waals surface area contributed by atoms with Gasteiger partial charge in [0.25, 0.3) is 5.56 Å². The zero-order valence-electron chi connectivity index (χ0n) is 16.6. The lowest BCUT2D eigenvalue weighted by Crippen LogP contribution is -2.44. The Morgan fingerprint density at radius 1 is 1.00 bits per heavy atom. The minimum atomic E-state index is -0.462. The van der Waals surface area contributed by atoms with Crippen LogP contribution in [0.1, 0.15) is 36.8 Å². The van der Waals surface area contributed by atoms with Crippen LogP contribution < -0.4 is 16.6 Å². The van der Waals surface area contributed by atoms with Crippen LogP contribution in [0.25, 0.3) is 10.9 Å². The van der Waals surface area contributed by atoms with Crippen molar-refractivity contribution in [2.45, 2.75) is 51.7 Å². The molecule has 150 valence electrons. The summed E-state index contributed by atoms with van der Waals surface area (Å²) < 4.78 is 2.63. The van der Waals surface area contributed by atoms with E-state index >= 15 is 0 Å². The number of carbonyl (C=O) groups excluding carboxylic acids is 1. The Hall–Kier alpha value is -3.15. The van der Waals surface area contributed by atoms with Crippen LogP contribution in [-0.4, -0.2) is 21.1 Å². The van der Waals surface area contributed by atoms with Gasteiger partial charge in [-0.05, 0) is 37.5 Å². The van der Waals surface area contributed by atoms with E-state index in [1.54, 1.807) is 24.3 Å². The van der Waals surface area contributed by atoms with Crippen LogP contribution in [0, 0.1) is 6.92 Å². The van der Waals surface area contributed by atoms with Crippen molar-refractivity contribution in [2.24, 2.45) is 0 Å². The van der Waals surface area contributed by atoms with E-state index in [4.69, 9.17) is 0 Å². The molecule has 0 saturated heterocycles. The molecule has 4 rings (SSSR count). The molecule has 1 aromatic heterocycles. The number of hydrogen-bond donors (Lipinski definition) is 1. The number of rotatable bonds is 5. The average molecular weight is 391 g/mol. The lowest BCUT2D eigenvalue weighted by atomic mass is 10.1. The minimum Gasteiger partial charge on any atom is -0.352 e. The van der Waals surface area contributed by atoms with Crippen LogP contribution in [-0.2, 0) is 17.9 Å². The Morgan fingerprint density at radius 2 is 1.69 bits per heavy atom. The molecular formula is C23H25N3O3. The molecule has 2 aromatic carbocycles. The lowest BCUT2D eigenvalue weighted by Gasteiger charge is -2.16. The predicted molar refractivity (Wildman–Crippen MR) is 113 cm³/mol. The van der Waals surface area contributed by atoms with Gasteiger partial charge in [0.05, 0.1) is 17.4 Å². The van der Waals surface area contributed by atoms with Gasteiger partial charge < -0.3 is 5.32 Å². The number of carbonyl (C=O) groups is 1. The van der Waals surface area contributed by atoms with Gasteiger partial charge >= 0.3 is 5.69 Å². The Labute approximate surface area is 168 Å². The van der Waals surface area contributed by atoms with Gasteiger partial charge in [-0.25, -0.2) is 4.79 Å². The number of nitrogens with one attached hydrogen (secondary N) is 1. The van der Waals surface area contributed by atoms with Gasteiger partial charge in [-0.1, -0.05) is 54.8 Å². The number of fused-ring (bicyclic) bond motifs is 1. The third-order valence-electron chi connectivity index (χ3n) is 5.62.